The Morgan fingerprint density at radius 1 is 0.960 bits per heavy atom. The van der Waals surface area contributed by atoms with Gasteiger partial charge in [-0.15, -0.1) is 0 Å². The molecule has 0 bridgehead atoms. The molecule has 0 aliphatic heterocycles. The van der Waals surface area contributed by atoms with Crippen molar-refractivity contribution in [2.24, 2.45) is 0 Å². The smallest absolute Gasteiger partial charge is 0.360 e. The van der Waals surface area contributed by atoms with Crippen LogP contribution in [0.4, 0.5) is 17.1 Å². The first-order chi connectivity index (χ1) is 12.0. The topological polar surface area (TPSA) is 68.3 Å². The molecule has 4 rings (SSSR count). The molecule has 3 aromatic carbocycles. The van der Waals surface area contributed by atoms with Gasteiger partial charge in [0, 0.05) is 16.8 Å². The first-order valence-electron chi connectivity index (χ1n) is 8.12. The Labute approximate surface area is 144 Å². The van der Waals surface area contributed by atoms with Crippen LogP contribution in [0.1, 0.15) is 11.1 Å². The molecule has 0 spiro atoms. The van der Waals surface area contributed by atoms with Crippen LogP contribution in [0.15, 0.2) is 63.8 Å². The van der Waals surface area contributed by atoms with Crippen molar-refractivity contribution in [1.82, 2.24) is 0 Å². The Morgan fingerprint density at radius 2 is 1.76 bits per heavy atom. The molecule has 0 unspecified atom stereocenters. The number of hydrogen-bond donors (Lipinski definition) is 2. The lowest BCUT2D eigenvalue weighted by Crippen LogP contribution is -2.09. The van der Waals surface area contributed by atoms with E-state index in [-0.39, 0.29) is 5.63 Å². The SMILES string of the molecule is Cc1cc(N)cc2cc(Nc3c(C)c4ccccc4oc3=O)ccc12. The van der Waals surface area contributed by atoms with Crippen molar-refractivity contribution in [2.75, 3.05) is 11.1 Å². The molecule has 1 heterocycles. The fourth-order valence-corrected chi connectivity index (χ4v) is 3.26. The van der Waals surface area contributed by atoms with Gasteiger partial charge in [0.1, 0.15) is 11.3 Å². The van der Waals surface area contributed by atoms with Crippen LogP contribution in [0.5, 0.6) is 0 Å². The van der Waals surface area contributed by atoms with E-state index in [2.05, 4.69) is 5.32 Å². The number of para-hydroxylation sites is 1. The highest BCUT2D eigenvalue weighted by Gasteiger charge is 2.11. The number of nitrogens with two attached hydrogens (primary N) is 1. The standard InChI is InChI=1S/C21H18N2O2/c1-12-9-15(22)10-14-11-16(7-8-17(12)14)23-20-13(2)18-5-3-4-6-19(18)25-21(20)24/h3-11,23H,22H2,1-2H3. The Balaban J connectivity index is 1.84. The fraction of sp³-hybridized carbons (Fsp3) is 0.0952. The zero-order chi connectivity index (χ0) is 17.6. The van der Waals surface area contributed by atoms with Crippen LogP contribution in [-0.2, 0) is 0 Å². The fourth-order valence-electron chi connectivity index (χ4n) is 3.26. The molecule has 25 heavy (non-hydrogen) atoms. The minimum atomic E-state index is -0.375. The highest BCUT2D eigenvalue weighted by molar-refractivity contribution is 5.92. The summed E-state index contributed by atoms with van der Waals surface area (Å²) in [6, 6.07) is 17.4. The number of hydrogen-bond acceptors (Lipinski definition) is 4. The Hall–Kier alpha value is -3.27. The Kier molecular flexibility index (Phi) is 3.46. The van der Waals surface area contributed by atoms with Crippen molar-refractivity contribution in [1.29, 1.82) is 0 Å². The van der Waals surface area contributed by atoms with Crippen molar-refractivity contribution in [3.8, 4) is 0 Å². The van der Waals surface area contributed by atoms with Crippen molar-refractivity contribution < 1.29 is 4.42 Å². The molecule has 0 aliphatic rings. The second-order valence-electron chi connectivity index (χ2n) is 6.28. The van der Waals surface area contributed by atoms with Gasteiger partial charge in [-0.2, -0.15) is 0 Å². The zero-order valence-electron chi connectivity index (χ0n) is 14.1. The third kappa shape index (κ3) is 2.62. The van der Waals surface area contributed by atoms with Crippen LogP contribution in [0, 0.1) is 13.8 Å². The van der Waals surface area contributed by atoms with Gasteiger partial charge in [-0.1, -0.05) is 24.3 Å². The second kappa shape index (κ2) is 5.67. The van der Waals surface area contributed by atoms with Crippen molar-refractivity contribution in [3.63, 3.8) is 0 Å². The van der Waals surface area contributed by atoms with E-state index in [1.165, 1.54) is 0 Å². The summed E-state index contributed by atoms with van der Waals surface area (Å²) in [7, 11) is 0. The van der Waals surface area contributed by atoms with E-state index in [9.17, 15) is 4.79 Å². The molecule has 4 nitrogen and oxygen atoms in total. The quantitative estimate of drug-likeness (QED) is 0.406. The van der Waals surface area contributed by atoms with Crippen LogP contribution >= 0.6 is 0 Å². The molecular formula is C21H18N2O2. The maximum Gasteiger partial charge on any atom is 0.360 e. The number of fused-ring (bicyclic) bond motifs is 2. The summed E-state index contributed by atoms with van der Waals surface area (Å²) >= 11 is 0. The third-order valence-electron chi connectivity index (χ3n) is 4.52. The molecule has 124 valence electrons. The summed E-state index contributed by atoms with van der Waals surface area (Å²) in [5, 5.41) is 6.31. The molecule has 0 atom stereocenters. The van der Waals surface area contributed by atoms with Crippen molar-refractivity contribution in [2.45, 2.75) is 13.8 Å². The summed E-state index contributed by atoms with van der Waals surface area (Å²) < 4.78 is 5.43. The molecular weight excluding hydrogens is 312 g/mol. The molecule has 0 fully saturated rings. The highest BCUT2D eigenvalue weighted by atomic mass is 16.4. The predicted molar refractivity (Wildman–Crippen MR) is 104 cm³/mol. The summed E-state index contributed by atoms with van der Waals surface area (Å²) in [5.74, 6) is 0. The van der Waals surface area contributed by atoms with E-state index >= 15 is 0 Å². The summed E-state index contributed by atoms with van der Waals surface area (Å²) in [6.07, 6.45) is 0. The van der Waals surface area contributed by atoms with Gasteiger partial charge in [0.05, 0.1) is 0 Å². The predicted octanol–water partition coefficient (Wildman–Crippen LogP) is 4.89. The molecule has 0 radical (unpaired) electrons. The van der Waals surface area contributed by atoms with Gasteiger partial charge in [0.15, 0.2) is 0 Å². The van der Waals surface area contributed by atoms with Gasteiger partial charge in [0.2, 0.25) is 0 Å². The van der Waals surface area contributed by atoms with Crippen LogP contribution in [0.3, 0.4) is 0 Å². The number of rotatable bonds is 2. The van der Waals surface area contributed by atoms with Crippen LogP contribution in [0.25, 0.3) is 21.7 Å². The Morgan fingerprint density at radius 3 is 2.60 bits per heavy atom. The van der Waals surface area contributed by atoms with Gasteiger partial charge in [-0.25, -0.2) is 4.79 Å². The van der Waals surface area contributed by atoms with Gasteiger partial charge < -0.3 is 15.5 Å². The minimum Gasteiger partial charge on any atom is -0.421 e. The van der Waals surface area contributed by atoms with E-state index < -0.39 is 0 Å². The Bertz CT molecular complexity index is 1180. The van der Waals surface area contributed by atoms with Gasteiger partial charge in [-0.3, -0.25) is 0 Å². The molecule has 0 amide bonds. The number of aryl methyl sites for hydroxylation is 2. The zero-order valence-corrected chi connectivity index (χ0v) is 14.1. The third-order valence-corrected chi connectivity index (χ3v) is 4.52. The molecule has 4 aromatic rings. The lowest BCUT2D eigenvalue weighted by molar-refractivity contribution is 0.563. The first-order valence-corrected chi connectivity index (χ1v) is 8.12. The number of anilines is 3. The van der Waals surface area contributed by atoms with Gasteiger partial charge >= 0.3 is 5.63 Å². The lowest BCUT2D eigenvalue weighted by atomic mass is 10.0. The normalized spacial score (nSPS) is 11.1. The van der Waals surface area contributed by atoms with E-state index in [0.717, 1.165) is 38.7 Å². The largest absolute Gasteiger partial charge is 0.421 e. The maximum absolute atomic E-state index is 12.4. The first kappa shape index (κ1) is 15.3. The highest BCUT2D eigenvalue weighted by Crippen LogP contribution is 2.28. The average Bonchev–Trinajstić information content (AvgIpc) is 2.58. The summed E-state index contributed by atoms with van der Waals surface area (Å²) in [5.41, 5.74) is 10.2. The molecule has 0 saturated carbocycles. The molecule has 0 aliphatic carbocycles. The minimum absolute atomic E-state index is 0.375. The molecule has 0 saturated heterocycles. The monoisotopic (exact) mass is 330 g/mol. The average molecular weight is 330 g/mol. The van der Waals surface area contributed by atoms with Crippen LogP contribution in [-0.4, -0.2) is 0 Å². The van der Waals surface area contributed by atoms with E-state index in [1.54, 1.807) is 6.07 Å². The summed E-state index contributed by atoms with van der Waals surface area (Å²) in [4.78, 5) is 12.4. The van der Waals surface area contributed by atoms with Crippen molar-refractivity contribution in [3.05, 3.63) is 76.1 Å². The molecule has 4 heteroatoms. The van der Waals surface area contributed by atoms with Crippen LogP contribution < -0.4 is 16.7 Å². The number of nitrogens with one attached hydrogen (secondary N) is 1. The van der Waals surface area contributed by atoms with Crippen molar-refractivity contribution >= 4 is 38.8 Å². The molecule has 1 aromatic heterocycles. The molecule has 3 N–H and O–H groups in total. The van der Waals surface area contributed by atoms with E-state index in [1.807, 2.05) is 62.4 Å². The maximum atomic E-state index is 12.4. The number of benzene rings is 3. The van der Waals surface area contributed by atoms with E-state index in [4.69, 9.17) is 10.2 Å². The van der Waals surface area contributed by atoms with Gasteiger partial charge in [0.25, 0.3) is 0 Å². The second-order valence-corrected chi connectivity index (χ2v) is 6.28. The lowest BCUT2D eigenvalue weighted by Gasteiger charge is -2.12. The summed E-state index contributed by atoms with van der Waals surface area (Å²) in [6.45, 7) is 3.96. The van der Waals surface area contributed by atoms with E-state index in [0.29, 0.717) is 11.3 Å². The van der Waals surface area contributed by atoms with Gasteiger partial charge in [-0.05, 0) is 66.1 Å². The van der Waals surface area contributed by atoms with Crippen LogP contribution in [0.2, 0.25) is 0 Å². The number of nitrogen functional groups attached to an aromatic ring is 1.